The van der Waals surface area contributed by atoms with E-state index >= 15 is 0 Å². The van der Waals surface area contributed by atoms with Crippen LogP contribution in [0.2, 0.25) is 0 Å². The fourth-order valence-electron chi connectivity index (χ4n) is 2.49. The van der Waals surface area contributed by atoms with Crippen LogP contribution in [0.4, 0.5) is 0 Å². The lowest BCUT2D eigenvalue weighted by molar-refractivity contribution is -0.123. The lowest BCUT2D eigenvalue weighted by Crippen LogP contribution is -2.59. The Bertz CT molecular complexity index is 254. The van der Waals surface area contributed by atoms with Gasteiger partial charge in [-0.3, -0.25) is 9.69 Å². The van der Waals surface area contributed by atoms with Crippen LogP contribution in [0.1, 0.15) is 52.9 Å². The second-order valence-electron chi connectivity index (χ2n) is 5.75. The Morgan fingerprint density at radius 3 is 2.58 bits per heavy atom. The second-order valence-corrected chi connectivity index (χ2v) is 5.75. The third kappa shape index (κ3) is 6.39. The molecule has 1 aliphatic heterocycles. The topological polar surface area (TPSA) is 44.4 Å². The predicted molar refractivity (Wildman–Crippen MR) is 80.3 cm³/mol. The zero-order chi connectivity index (χ0) is 14.1. The van der Waals surface area contributed by atoms with Crippen LogP contribution in [0.25, 0.3) is 0 Å². The summed E-state index contributed by atoms with van der Waals surface area (Å²) in [6.45, 7) is 10.1. The first-order valence-electron chi connectivity index (χ1n) is 7.91. The number of carbonyl (C=O) groups excluding carboxylic acids is 1. The quantitative estimate of drug-likeness (QED) is 0.594. The van der Waals surface area contributed by atoms with E-state index in [0.717, 1.165) is 32.5 Å². The van der Waals surface area contributed by atoms with Gasteiger partial charge in [0, 0.05) is 25.2 Å². The minimum atomic E-state index is 0.185. The largest absolute Gasteiger partial charge is 0.353 e. The summed E-state index contributed by atoms with van der Waals surface area (Å²) in [5.74, 6) is 0.185. The van der Waals surface area contributed by atoms with Crippen molar-refractivity contribution in [2.45, 2.75) is 65.0 Å². The van der Waals surface area contributed by atoms with Crippen LogP contribution in [0.15, 0.2) is 0 Å². The molecule has 0 aromatic heterocycles. The molecule has 0 bridgehead atoms. The average molecular weight is 269 g/mol. The molecule has 0 radical (unpaired) electrons. The maximum absolute atomic E-state index is 12.0. The predicted octanol–water partition coefficient (Wildman–Crippen LogP) is 1.76. The molecule has 1 atom stereocenters. The molecule has 4 heteroatoms. The maximum atomic E-state index is 12.0. The molecule has 19 heavy (non-hydrogen) atoms. The van der Waals surface area contributed by atoms with E-state index in [0.29, 0.717) is 18.6 Å². The van der Waals surface area contributed by atoms with E-state index in [2.05, 4.69) is 36.3 Å². The van der Waals surface area contributed by atoms with Gasteiger partial charge >= 0.3 is 0 Å². The number of amides is 1. The van der Waals surface area contributed by atoms with Crippen LogP contribution in [-0.2, 0) is 4.79 Å². The van der Waals surface area contributed by atoms with Crippen LogP contribution >= 0.6 is 0 Å². The fraction of sp³-hybridized carbons (Fsp3) is 0.933. The first-order valence-corrected chi connectivity index (χ1v) is 7.91. The highest BCUT2D eigenvalue weighted by Crippen LogP contribution is 2.06. The van der Waals surface area contributed by atoms with Gasteiger partial charge in [0.2, 0.25) is 5.91 Å². The summed E-state index contributed by atoms with van der Waals surface area (Å²) in [6, 6.07) is 0.864. The minimum absolute atomic E-state index is 0.185. The van der Waals surface area contributed by atoms with E-state index in [1.165, 1.54) is 19.3 Å². The zero-order valence-corrected chi connectivity index (χ0v) is 12.9. The molecule has 0 spiro atoms. The van der Waals surface area contributed by atoms with Gasteiger partial charge in [-0.05, 0) is 26.3 Å². The Morgan fingerprint density at radius 2 is 2.05 bits per heavy atom. The summed E-state index contributed by atoms with van der Waals surface area (Å²) >= 11 is 0. The first kappa shape index (κ1) is 16.4. The highest BCUT2D eigenvalue weighted by atomic mass is 16.2. The third-order valence-electron chi connectivity index (χ3n) is 3.78. The van der Waals surface area contributed by atoms with E-state index in [4.69, 9.17) is 0 Å². The number of unbranched alkanes of at least 4 members (excludes halogenated alkanes) is 2. The summed E-state index contributed by atoms with van der Waals surface area (Å²) in [6.07, 6.45) is 5.91. The maximum Gasteiger partial charge on any atom is 0.234 e. The molecule has 1 aliphatic rings. The summed E-state index contributed by atoms with van der Waals surface area (Å²) in [5.41, 5.74) is 0. The smallest absolute Gasteiger partial charge is 0.234 e. The molecule has 1 amide bonds. The molecule has 4 nitrogen and oxygen atoms in total. The number of nitrogens with zero attached hydrogens (tertiary/aromatic N) is 1. The van der Waals surface area contributed by atoms with Gasteiger partial charge in [-0.2, -0.15) is 0 Å². The fourth-order valence-corrected chi connectivity index (χ4v) is 2.49. The summed E-state index contributed by atoms with van der Waals surface area (Å²) in [5, 5.41) is 6.40. The van der Waals surface area contributed by atoms with Gasteiger partial charge in [0.15, 0.2) is 0 Å². The lowest BCUT2D eigenvalue weighted by atomic mass is 10.1. The van der Waals surface area contributed by atoms with Crippen LogP contribution in [-0.4, -0.2) is 49.1 Å². The van der Waals surface area contributed by atoms with E-state index in [1.807, 2.05) is 0 Å². The van der Waals surface area contributed by atoms with Crippen molar-refractivity contribution in [3.05, 3.63) is 0 Å². The Kier molecular flexibility index (Phi) is 8.07. The van der Waals surface area contributed by atoms with Crippen molar-refractivity contribution in [2.24, 2.45) is 0 Å². The number of hydrogen-bond donors (Lipinski definition) is 2. The minimum Gasteiger partial charge on any atom is -0.353 e. The van der Waals surface area contributed by atoms with Crippen molar-refractivity contribution < 1.29 is 4.79 Å². The number of rotatable bonds is 10. The number of hydrogen-bond acceptors (Lipinski definition) is 3. The monoisotopic (exact) mass is 269 g/mol. The average Bonchev–Trinajstić information content (AvgIpc) is 2.27. The van der Waals surface area contributed by atoms with E-state index in [1.54, 1.807) is 0 Å². The van der Waals surface area contributed by atoms with Gasteiger partial charge in [0.05, 0.1) is 6.54 Å². The summed E-state index contributed by atoms with van der Waals surface area (Å²) < 4.78 is 0. The van der Waals surface area contributed by atoms with Crippen LogP contribution in [0, 0.1) is 0 Å². The van der Waals surface area contributed by atoms with Gasteiger partial charge in [0.1, 0.15) is 0 Å². The molecular formula is C15H31N3O. The van der Waals surface area contributed by atoms with Gasteiger partial charge in [0.25, 0.3) is 0 Å². The Hall–Kier alpha value is -0.610. The SMILES string of the molecule is CCCCCC(C)NC(=O)CN(CCC)C1CNC1. The van der Waals surface area contributed by atoms with Crippen molar-refractivity contribution in [3.8, 4) is 0 Å². The normalized spacial score (nSPS) is 17.3. The molecular weight excluding hydrogens is 238 g/mol. The molecule has 1 heterocycles. The molecule has 1 rings (SSSR count). The Labute approximate surface area is 118 Å². The molecule has 2 N–H and O–H groups in total. The molecule has 0 aromatic carbocycles. The number of carbonyl (C=O) groups is 1. The molecule has 0 aromatic rings. The van der Waals surface area contributed by atoms with Gasteiger partial charge in [-0.1, -0.05) is 33.1 Å². The van der Waals surface area contributed by atoms with Crippen LogP contribution < -0.4 is 10.6 Å². The van der Waals surface area contributed by atoms with Crippen molar-refractivity contribution in [2.75, 3.05) is 26.2 Å². The molecule has 1 unspecified atom stereocenters. The van der Waals surface area contributed by atoms with Gasteiger partial charge in [-0.15, -0.1) is 0 Å². The van der Waals surface area contributed by atoms with Gasteiger partial charge in [-0.25, -0.2) is 0 Å². The Balaban J connectivity index is 2.23. The van der Waals surface area contributed by atoms with Crippen molar-refractivity contribution >= 4 is 5.91 Å². The zero-order valence-electron chi connectivity index (χ0n) is 12.9. The van der Waals surface area contributed by atoms with Crippen LogP contribution in [0.5, 0.6) is 0 Å². The van der Waals surface area contributed by atoms with E-state index < -0.39 is 0 Å². The molecule has 1 fully saturated rings. The van der Waals surface area contributed by atoms with Gasteiger partial charge < -0.3 is 10.6 Å². The number of nitrogens with one attached hydrogen (secondary N) is 2. The summed E-state index contributed by atoms with van der Waals surface area (Å²) in [4.78, 5) is 14.4. The lowest BCUT2D eigenvalue weighted by Gasteiger charge is -2.37. The second kappa shape index (κ2) is 9.32. The summed E-state index contributed by atoms with van der Waals surface area (Å²) in [7, 11) is 0. The Morgan fingerprint density at radius 1 is 1.32 bits per heavy atom. The highest BCUT2D eigenvalue weighted by Gasteiger charge is 2.25. The molecule has 0 saturated carbocycles. The molecule has 112 valence electrons. The third-order valence-corrected chi connectivity index (χ3v) is 3.78. The van der Waals surface area contributed by atoms with Crippen molar-refractivity contribution in [1.29, 1.82) is 0 Å². The standard InChI is InChI=1S/C15H31N3O/c1-4-6-7-8-13(3)17-15(19)12-18(9-5-2)14-10-16-11-14/h13-14,16H,4-12H2,1-3H3,(H,17,19). The highest BCUT2D eigenvalue weighted by molar-refractivity contribution is 5.78. The van der Waals surface area contributed by atoms with Crippen LogP contribution in [0.3, 0.4) is 0 Å². The first-order chi connectivity index (χ1) is 9.17. The van der Waals surface area contributed by atoms with E-state index in [9.17, 15) is 4.79 Å². The van der Waals surface area contributed by atoms with E-state index in [-0.39, 0.29) is 5.91 Å². The van der Waals surface area contributed by atoms with Crippen molar-refractivity contribution in [1.82, 2.24) is 15.5 Å². The molecule has 0 aliphatic carbocycles. The molecule has 1 saturated heterocycles. The van der Waals surface area contributed by atoms with Crippen molar-refractivity contribution in [3.63, 3.8) is 0 Å².